The highest BCUT2D eigenvalue weighted by Crippen LogP contribution is 2.34. The summed E-state index contributed by atoms with van der Waals surface area (Å²) in [6, 6.07) is 1.43. The van der Waals surface area contributed by atoms with Crippen molar-refractivity contribution in [2.24, 2.45) is 5.92 Å². The summed E-state index contributed by atoms with van der Waals surface area (Å²) >= 11 is 5.42. The number of carbonyl (C=O) groups excluding carboxylic acids is 1. The minimum atomic E-state index is -4.70. The maximum absolute atomic E-state index is 12.6. The number of halogens is 4. The van der Waals surface area contributed by atoms with Crippen molar-refractivity contribution < 1.29 is 23.1 Å². The molecule has 116 valence electrons. The molecule has 0 radical (unpaired) electrons. The van der Waals surface area contributed by atoms with Gasteiger partial charge in [-0.1, -0.05) is 11.6 Å². The summed E-state index contributed by atoms with van der Waals surface area (Å²) in [5.74, 6) is -0.0825. The van der Waals surface area contributed by atoms with Crippen LogP contribution in [0.1, 0.15) is 18.5 Å². The molecule has 1 aliphatic carbocycles. The highest BCUT2D eigenvalue weighted by Gasteiger charge is 2.35. The van der Waals surface area contributed by atoms with Gasteiger partial charge in [-0.3, -0.25) is 5.32 Å². The maximum atomic E-state index is 12.6. The van der Waals surface area contributed by atoms with E-state index in [2.05, 4.69) is 15.6 Å². The van der Waals surface area contributed by atoms with Crippen molar-refractivity contribution >= 4 is 23.4 Å². The van der Waals surface area contributed by atoms with Crippen molar-refractivity contribution in [1.82, 2.24) is 10.3 Å². The van der Waals surface area contributed by atoms with Crippen LogP contribution in [-0.4, -0.2) is 28.8 Å². The molecule has 2 amide bonds. The molecule has 1 aromatic heterocycles. The highest BCUT2D eigenvalue weighted by atomic mass is 35.5. The monoisotopic (exact) mass is 323 g/mol. The van der Waals surface area contributed by atoms with E-state index >= 15 is 0 Å². The molecule has 1 saturated carbocycles. The van der Waals surface area contributed by atoms with Crippen LogP contribution in [0.2, 0.25) is 5.02 Å². The van der Waals surface area contributed by atoms with Gasteiger partial charge in [0.05, 0.1) is 11.1 Å². The van der Waals surface area contributed by atoms with Gasteiger partial charge in [-0.15, -0.1) is 0 Å². The van der Waals surface area contributed by atoms with Gasteiger partial charge in [0.15, 0.2) is 5.69 Å². The molecule has 1 unspecified atom stereocenters. The molecule has 1 aliphatic rings. The fourth-order valence-electron chi connectivity index (χ4n) is 1.72. The third-order valence-corrected chi connectivity index (χ3v) is 3.30. The van der Waals surface area contributed by atoms with Crippen molar-refractivity contribution in [1.29, 1.82) is 0 Å². The van der Waals surface area contributed by atoms with Gasteiger partial charge in [-0.05, 0) is 30.9 Å². The first-order valence-corrected chi connectivity index (χ1v) is 6.62. The van der Waals surface area contributed by atoms with Crippen LogP contribution in [0.5, 0.6) is 0 Å². The minimum Gasteiger partial charge on any atom is -0.391 e. The van der Waals surface area contributed by atoms with Gasteiger partial charge in [0.1, 0.15) is 5.82 Å². The van der Waals surface area contributed by atoms with Gasteiger partial charge in [-0.25, -0.2) is 9.78 Å². The Kier molecular flexibility index (Phi) is 4.58. The SMILES string of the molecule is O=C(NCC(O)C1CC1)Nc1ccc(Cl)c(C(F)(F)F)n1. The number of anilines is 1. The first kappa shape index (κ1) is 15.8. The summed E-state index contributed by atoms with van der Waals surface area (Å²) in [4.78, 5) is 14.8. The van der Waals surface area contributed by atoms with E-state index in [1.165, 1.54) is 0 Å². The zero-order valence-corrected chi connectivity index (χ0v) is 11.5. The van der Waals surface area contributed by atoms with E-state index in [1.807, 2.05) is 0 Å². The summed E-state index contributed by atoms with van der Waals surface area (Å²) in [6.45, 7) is 0.0379. The summed E-state index contributed by atoms with van der Waals surface area (Å²) in [5, 5.41) is 13.6. The number of nitrogens with one attached hydrogen (secondary N) is 2. The first-order valence-electron chi connectivity index (χ1n) is 6.24. The maximum Gasteiger partial charge on any atom is 0.434 e. The Morgan fingerprint density at radius 2 is 2.14 bits per heavy atom. The standard InChI is InChI=1S/C12H13ClF3N3O2/c13-7-3-4-9(18-10(7)12(14,15)16)19-11(21)17-5-8(20)6-1-2-6/h3-4,6,8,20H,1-2,5H2,(H2,17,18,19,21). The molecule has 0 bridgehead atoms. The van der Waals surface area contributed by atoms with Gasteiger partial charge in [-0.2, -0.15) is 13.2 Å². The van der Waals surface area contributed by atoms with E-state index in [0.29, 0.717) is 0 Å². The van der Waals surface area contributed by atoms with Gasteiger partial charge in [0.25, 0.3) is 0 Å². The van der Waals surface area contributed by atoms with Crippen molar-refractivity contribution in [3.63, 3.8) is 0 Å². The Labute approximate surface area is 123 Å². The van der Waals surface area contributed by atoms with E-state index in [0.717, 1.165) is 25.0 Å². The van der Waals surface area contributed by atoms with E-state index in [9.17, 15) is 23.1 Å². The second kappa shape index (κ2) is 6.07. The predicted molar refractivity (Wildman–Crippen MR) is 70.0 cm³/mol. The normalized spacial score (nSPS) is 16.4. The third kappa shape index (κ3) is 4.47. The van der Waals surface area contributed by atoms with Gasteiger partial charge in [0, 0.05) is 6.54 Å². The fraction of sp³-hybridized carbons (Fsp3) is 0.500. The topological polar surface area (TPSA) is 74.2 Å². The summed E-state index contributed by atoms with van der Waals surface area (Å²) in [6.07, 6.45) is -3.51. The number of pyridine rings is 1. The lowest BCUT2D eigenvalue weighted by Gasteiger charge is -2.13. The molecular weight excluding hydrogens is 311 g/mol. The predicted octanol–water partition coefficient (Wildman–Crippen LogP) is 2.65. The van der Waals surface area contributed by atoms with E-state index in [4.69, 9.17) is 11.6 Å². The molecule has 1 fully saturated rings. The molecule has 9 heteroatoms. The minimum absolute atomic E-state index is 0.0379. The van der Waals surface area contributed by atoms with E-state index < -0.39 is 29.0 Å². The molecule has 1 atom stereocenters. The van der Waals surface area contributed by atoms with Crippen LogP contribution in [0.3, 0.4) is 0 Å². The third-order valence-electron chi connectivity index (χ3n) is 2.99. The second-order valence-corrected chi connectivity index (χ2v) is 5.17. The number of aromatic nitrogens is 1. The summed E-state index contributed by atoms with van der Waals surface area (Å²) < 4.78 is 37.8. The molecule has 1 aromatic rings. The molecule has 2 rings (SSSR count). The zero-order chi connectivity index (χ0) is 15.6. The van der Waals surface area contributed by atoms with Crippen LogP contribution in [0.25, 0.3) is 0 Å². The molecule has 0 saturated heterocycles. The average Bonchev–Trinajstić information content (AvgIpc) is 3.21. The molecule has 1 heterocycles. The van der Waals surface area contributed by atoms with Gasteiger partial charge < -0.3 is 10.4 Å². The lowest BCUT2D eigenvalue weighted by Crippen LogP contribution is -2.36. The molecule has 3 N–H and O–H groups in total. The Hall–Kier alpha value is -1.54. The number of nitrogens with zero attached hydrogens (tertiary/aromatic N) is 1. The summed E-state index contributed by atoms with van der Waals surface area (Å²) in [5.41, 5.74) is -1.26. The number of alkyl halides is 3. The fourth-order valence-corrected chi connectivity index (χ4v) is 1.93. The number of amides is 2. The lowest BCUT2D eigenvalue weighted by molar-refractivity contribution is -0.141. The van der Waals surface area contributed by atoms with Crippen molar-refractivity contribution in [3.8, 4) is 0 Å². The number of carbonyl (C=O) groups is 1. The number of hydrogen-bond acceptors (Lipinski definition) is 3. The molecular formula is C12H13ClF3N3O2. The quantitative estimate of drug-likeness (QED) is 0.797. The van der Waals surface area contributed by atoms with Gasteiger partial charge >= 0.3 is 12.2 Å². The Bertz CT molecular complexity index is 535. The molecule has 21 heavy (non-hydrogen) atoms. The Morgan fingerprint density at radius 1 is 1.48 bits per heavy atom. The second-order valence-electron chi connectivity index (χ2n) is 4.76. The smallest absolute Gasteiger partial charge is 0.391 e. The molecule has 5 nitrogen and oxygen atoms in total. The molecule has 0 aromatic carbocycles. The van der Waals surface area contributed by atoms with Gasteiger partial charge in [0.2, 0.25) is 0 Å². The summed E-state index contributed by atoms with van der Waals surface area (Å²) in [7, 11) is 0. The average molecular weight is 324 g/mol. The lowest BCUT2D eigenvalue weighted by atomic mass is 10.2. The number of rotatable bonds is 4. The molecule has 0 spiro atoms. The van der Waals surface area contributed by atoms with Crippen LogP contribution >= 0.6 is 11.6 Å². The van der Waals surface area contributed by atoms with E-state index in [-0.39, 0.29) is 18.3 Å². The first-order chi connectivity index (χ1) is 9.77. The number of urea groups is 1. The zero-order valence-electron chi connectivity index (χ0n) is 10.7. The van der Waals surface area contributed by atoms with Crippen molar-refractivity contribution in [3.05, 3.63) is 22.8 Å². The number of aliphatic hydroxyl groups excluding tert-OH is 1. The van der Waals surface area contributed by atoms with Crippen molar-refractivity contribution in [2.75, 3.05) is 11.9 Å². The van der Waals surface area contributed by atoms with Crippen LogP contribution in [-0.2, 0) is 6.18 Å². The largest absolute Gasteiger partial charge is 0.434 e. The van der Waals surface area contributed by atoms with Crippen LogP contribution < -0.4 is 10.6 Å². The molecule has 0 aliphatic heterocycles. The highest BCUT2D eigenvalue weighted by molar-refractivity contribution is 6.31. The van der Waals surface area contributed by atoms with E-state index in [1.54, 1.807) is 0 Å². The Morgan fingerprint density at radius 3 is 2.71 bits per heavy atom. The van der Waals surface area contributed by atoms with Crippen LogP contribution in [0.4, 0.5) is 23.8 Å². The van der Waals surface area contributed by atoms with Crippen LogP contribution in [0.15, 0.2) is 12.1 Å². The van der Waals surface area contributed by atoms with Crippen molar-refractivity contribution in [2.45, 2.75) is 25.1 Å². The number of hydrogen-bond donors (Lipinski definition) is 3. The Balaban J connectivity index is 1.94. The number of aliphatic hydroxyl groups is 1. The van der Waals surface area contributed by atoms with Crippen LogP contribution in [0, 0.1) is 5.92 Å².